The van der Waals surface area contributed by atoms with E-state index in [2.05, 4.69) is 0 Å². The Morgan fingerprint density at radius 1 is 0.917 bits per heavy atom. The first kappa shape index (κ1) is 38.3. The third-order valence-electron chi connectivity index (χ3n) is 0. The Labute approximate surface area is 91.2 Å². The molecule has 1 unspecified atom stereocenters. The van der Waals surface area contributed by atoms with Crippen LogP contribution in [0.4, 0.5) is 0 Å². The zero-order valence-electron chi connectivity index (χ0n) is 5.96. The van der Waals surface area contributed by atoms with Gasteiger partial charge in [-0.25, -0.2) is 0 Å². The van der Waals surface area contributed by atoms with E-state index < -0.39 is 16.5 Å². The first-order valence-corrected chi connectivity index (χ1v) is 3.44. The minimum absolute atomic E-state index is 0. The van der Waals surface area contributed by atoms with Gasteiger partial charge in [-0.15, -0.1) is 9.79 Å². The van der Waals surface area contributed by atoms with Gasteiger partial charge < -0.3 is 21.3 Å². The van der Waals surface area contributed by atoms with Crippen molar-refractivity contribution in [3.05, 3.63) is 0 Å². The van der Waals surface area contributed by atoms with Crippen molar-refractivity contribution in [1.29, 1.82) is 0 Å². The molecule has 0 saturated heterocycles. The summed E-state index contributed by atoms with van der Waals surface area (Å²) in [6.45, 7) is 0. The predicted molar refractivity (Wildman–Crippen MR) is 32.7 cm³/mol. The molecule has 0 aliphatic heterocycles. The Morgan fingerprint density at radius 3 is 0.917 bits per heavy atom. The van der Waals surface area contributed by atoms with E-state index in [0.717, 1.165) is 0 Å². The quantitative estimate of drug-likeness (QED) is 0.275. The Bertz CT molecular complexity index is 70.5. The van der Waals surface area contributed by atoms with Gasteiger partial charge in [0.05, 0.1) is 0 Å². The van der Waals surface area contributed by atoms with Gasteiger partial charge in [0.25, 0.3) is 0 Å². The van der Waals surface area contributed by atoms with Crippen molar-refractivity contribution in [2.24, 2.45) is 0 Å². The Morgan fingerprint density at radius 2 is 0.917 bits per heavy atom. The second-order valence-electron chi connectivity index (χ2n) is 0.491. The first-order chi connectivity index (χ1) is 3.46. The minimum atomic E-state index is -3.12. The van der Waals surface area contributed by atoms with Gasteiger partial charge in [0.2, 0.25) is 0 Å². The van der Waals surface area contributed by atoms with Crippen LogP contribution >= 0.6 is 16.5 Å². The molecule has 0 aromatic rings. The summed E-state index contributed by atoms with van der Waals surface area (Å²) in [5.41, 5.74) is 0. The van der Waals surface area contributed by atoms with E-state index in [1.54, 1.807) is 0 Å². The topological polar surface area (TPSA) is 212 Å². The van der Waals surface area contributed by atoms with Gasteiger partial charge in [-0.1, -0.05) is 0 Å². The summed E-state index contributed by atoms with van der Waals surface area (Å²) in [4.78, 5) is 29.8. The standard InChI is InChI=1S/Na.2HO3P.3H2O/c;2*1-4(2)3;;;/h;(H-,1,2,3);(H,1,2,3);3*1H2/q+1;;;;;/p+1. The van der Waals surface area contributed by atoms with Gasteiger partial charge in [0, 0.05) is 4.57 Å². The summed E-state index contributed by atoms with van der Waals surface area (Å²) < 4.78 is 17.3. The van der Waals surface area contributed by atoms with Crippen LogP contribution in [0.15, 0.2) is 0 Å². The second kappa shape index (κ2) is 29.7. The van der Waals surface area contributed by atoms with Crippen LogP contribution in [0.5, 0.6) is 0 Å². The molecular formula is H9NaO9P2+2. The van der Waals surface area contributed by atoms with Crippen molar-refractivity contribution in [2.45, 2.75) is 0 Å². The van der Waals surface area contributed by atoms with Gasteiger partial charge in [-0.3, -0.25) is 0 Å². The summed E-state index contributed by atoms with van der Waals surface area (Å²) in [6, 6.07) is 0. The summed E-state index contributed by atoms with van der Waals surface area (Å²) in [7, 11) is -5.99. The number of rotatable bonds is 0. The molecule has 0 bridgehead atoms. The van der Waals surface area contributed by atoms with Gasteiger partial charge in [-0.05, 0) is 4.57 Å². The molecule has 9 N–H and O–H groups in total. The van der Waals surface area contributed by atoms with E-state index in [9.17, 15) is 0 Å². The van der Waals surface area contributed by atoms with Gasteiger partial charge in [0.15, 0.2) is 0 Å². The van der Waals surface area contributed by atoms with E-state index in [0.29, 0.717) is 0 Å². The second-order valence-corrected chi connectivity index (χ2v) is 1.47. The van der Waals surface area contributed by atoms with E-state index in [1.165, 1.54) is 0 Å². The van der Waals surface area contributed by atoms with Gasteiger partial charge >= 0.3 is 46.1 Å². The third-order valence-corrected chi connectivity index (χ3v) is 0. The average Bonchev–Trinajstić information content (AvgIpc) is 1.25. The molecule has 72 valence electrons. The van der Waals surface area contributed by atoms with Crippen LogP contribution in [0.3, 0.4) is 0 Å². The van der Waals surface area contributed by atoms with Crippen LogP contribution in [0.2, 0.25) is 0 Å². The summed E-state index contributed by atoms with van der Waals surface area (Å²) >= 11 is 0. The molecule has 12 heteroatoms. The average molecular weight is 238 g/mol. The molecule has 0 aromatic carbocycles. The fourth-order valence-electron chi connectivity index (χ4n) is 0. The van der Waals surface area contributed by atoms with Crippen LogP contribution in [-0.4, -0.2) is 31.1 Å². The summed E-state index contributed by atoms with van der Waals surface area (Å²) in [5, 5.41) is 0. The van der Waals surface area contributed by atoms with Crippen LogP contribution in [-0.2, 0) is 9.13 Å². The van der Waals surface area contributed by atoms with Crippen molar-refractivity contribution in [2.75, 3.05) is 0 Å². The van der Waals surface area contributed by atoms with Crippen molar-refractivity contribution < 1.29 is 74.7 Å². The maximum absolute atomic E-state index is 8.70. The Kier molecular flexibility index (Phi) is 94.8. The number of hydrogen-bond acceptors (Lipinski definition) is 3. The van der Waals surface area contributed by atoms with Crippen molar-refractivity contribution in [1.82, 2.24) is 0 Å². The monoisotopic (exact) mass is 238 g/mol. The molecular weight excluding hydrogens is 229 g/mol. The molecule has 0 spiro atoms. The zero-order valence-corrected chi connectivity index (χ0v) is 9.75. The fraction of sp³-hybridized carbons (Fsp3) is 0. The van der Waals surface area contributed by atoms with Crippen molar-refractivity contribution >= 4 is 16.5 Å². The first-order valence-electron chi connectivity index (χ1n) is 1.15. The Balaban J connectivity index is -0.0000000112. The van der Waals surface area contributed by atoms with Crippen molar-refractivity contribution in [3.8, 4) is 0 Å². The van der Waals surface area contributed by atoms with Crippen molar-refractivity contribution in [3.63, 3.8) is 0 Å². The van der Waals surface area contributed by atoms with Crippen LogP contribution in [0.1, 0.15) is 0 Å². The minimum Gasteiger partial charge on any atom is -0.567 e. The normalized spacial score (nSPS) is 5.83. The smallest absolute Gasteiger partial charge is 0.567 e. The third kappa shape index (κ3) is 1270. The van der Waals surface area contributed by atoms with Crippen LogP contribution in [0.25, 0.3) is 0 Å². The largest absolute Gasteiger partial charge is 1.00 e. The van der Waals surface area contributed by atoms with Gasteiger partial charge in [-0.2, -0.15) is 4.89 Å². The molecule has 0 fully saturated rings. The maximum Gasteiger partial charge on any atom is 1.00 e. The molecule has 0 rings (SSSR count). The van der Waals surface area contributed by atoms with E-state index in [4.69, 9.17) is 28.7 Å². The van der Waals surface area contributed by atoms with E-state index in [-0.39, 0.29) is 46.0 Å². The Hall–Kier alpha value is 0.920. The SMILES string of the molecule is O.O.O.O=[P+](O)O.O=[P+]([O-])O.[Na+]. The summed E-state index contributed by atoms with van der Waals surface area (Å²) in [6.07, 6.45) is 0. The molecule has 0 aliphatic carbocycles. The molecule has 0 heterocycles. The molecule has 0 amide bonds. The summed E-state index contributed by atoms with van der Waals surface area (Å²) in [5.74, 6) is 0. The molecule has 0 aliphatic rings. The van der Waals surface area contributed by atoms with E-state index in [1.807, 2.05) is 0 Å². The molecule has 0 saturated carbocycles. The maximum atomic E-state index is 8.70. The van der Waals surface area contributed by atoms with E-state index >= 15 is 0 Å². The molecule has 1 atom stereocenters. The molecule has 9 nitrogen and oxygen atoms in total. The zero-order chi connectivity index (χ0) is 7.15. The van der Waals surface area contributed by atoms with Crippen LogP contribution in [0, 0.1) is 0 Å². The fourth-order valence-corrected chi connectivity index (χ4v) is 0. The van der Waals surface area contributed by atoms with Crippen LogP contribution < -0.4 is 34.5 Å². The predicted octanol–water partition coefficient (Wildman–Crippen LogP) is -6.85. The molecule has 0 aromatic heterocycles. The van der Waals surface area contributed by atoms with Gasteiger partial charge in [0.1, 0.15) is 0 Å². The molecule has 12 heavy (non-hydrogen) atoms. The number of hydrogen-bond donors (Lipinski definition) is 3. The molecule has 0 radical (unpaired) electrons.